The molecule has 2 aromatic heterocycles. The summed E-state index contributed by atoms with van der Waals surface area (Å²) in [5, 5.41) is 9.46. The number of fused-ring (bicyclic) bond motifs is 2. The molecule has 1 aliphatic heterocycles. The molecular formula is C21H24N4O3. The van der Waals surface area contributed by atoms with Gasteiger partial charge in [-0.3, -0.25) is 9.69 Å². The summed E-state index contributed by atoms with van der Waals surface area (Å²) in [5.74, 6) is 1.53. The highest BCUT2D eigenvalue weighted by atomic mass is 16.5. The number of nitrogens with zero attached hydrogens (tertiary/aromatic N) is 4. The summed E-state index contributed by atoms with van der Waals surface area (Å²) in [7, 11) is 0. The zero-order valence-electron chi connectivity index (χ0n) is 15.8. The van der Waals surface area contributed by atoms with Crippen LogP contribution in [-0.2, 0) is 16.8 Å². The molecule has 146 valence electrons. The largest absolute Gasteiger partial charge is 0.474 e. The Kier molecular flexibility index (Phi) is 4.27. The first-order valence-corrected chi connectivity index (χ1v) is 10.2. The Hall–Kier alpha value is -2.54. The van der Waals surface area contributed by atoms with Gasteiger partial charge in [0.1, 0.15) is 18.5 Å². The fourth-order valence-corrected chi connectivity index (χ4v) is 4.87. The lowest BCUT2D eigenvalue weighted by Crippen LogP contribution is -2.36. The molecule has 1 spiro atoms. The summed E-state index contributed by atoms with van der Waals surface area (Å²) in [6.07, 6.45) is 11.9. The minimum absolute atomic E-state index is 0.0376. The van der Waals surface area contributed by atoms with E-state index in [1.54, 1.807) is 17.3 Å². The number of rotatable bonds is 4. The van der Waals surface area contributed by atoms with Crippen LogP contribution in [0.1, 0.15) is 62.8 Å². The monoisotopic (exact) mass is 380 g/mol. The number of aliphatic hydroxyl groups excluding tert-OH is 1. The third-order valence-electron chi connectivity index (χ3n) is 6.33. The Labute approximate surface area is 163 Å². The normalized spacial score (nSPS) is 20.9. The lowest BCUT2D eigenvalue weighted by molar-refractivity contribution is -0.122. The summed E-state index contributed by atoms with van der Waals surface area (Å²) in [5.41, 5.74) is 1.01. The molecule has 0 aromatic carbocycles. The van der Waals surface area contributed by atoms with Gasteiger partial charge in [0.2, 0.25) is 11.8 Å². The molecule has 0 saturated heterocycles. The number of aromatic nitrogens is 3. The van der Waals surface area contributed by atoms with Crippen LogP contribution < -0.4 is 9.64 Å². The molecule has 0 atom stereocenters. The van der Waals surface area contributed by atoms with Crippen molar-refractivity contribution in [3.05, 3.63) is 35.9 Å². The van der Waals surface area contributed by atoms with E-state index in [0.29, 0.717) is 23.2 Å². The van der Waals surface area contributed by atoms with Gasteiger partial charge in [-0.15, -0.1) is 0 Å². The number of carbonyl (C=O) groups excluding carboxylic acids is 1. The maximum atomic E-state index is 13.5. The van der Waals surface area contributed by atoms with E-state index in [2.05, 4.69) is 15.0 Å². The van der Waals surface area contributed by atoms with Crippen molar-refractivity contribution in [3.8, 4) is 5.88 Å². The topological polar surface area (TPSA) is 88.4 Å². The van der Waals surface area contributed by atoms with Crippen molar-refractivity contribution >= 4 is 17.4 Å². The smallest absolute Gasteiger partial charge is 0.243 e. The van der Waals surface area contributed by atoms with Gasteiger partial charge >= 0.3 is 0 Å². The van der Waals surface area contributed by atoms with Crippen molar-refractivity contribution in [3.63, 3.8) is 0 Å². The van der Waals surface area contributed by atoms with Crippen LogP contribution in [0.25, 0.3) is 0 Å². The lowest BCUT2D eigenvalue weighted by Gasteiger charge is -2.22. The minimum atomic E-state index is -0.539. The van der Waals surface area contributed by atoms with Gasteiger partial charge in [-0.1, -0.05) is 12.8 Å². The number of aliphatic hydroxyl groups is 1. The summed E-state index contributed by atoms with van der Waals surface area (Å²) >= 11 is 0. The van der Waals surface area contributed by atoms with Crippen LogP contribution >= 0.6 is 0 Å². The highest BCUT2D eigenvalue weighted by Crippen LogP contribution is 2.52. The molecule has 2 aliphatic carbocycles. The number of ether oxygens (including phenoxy) is 1. The van der Waals surface area contributed by atoms with Crippen LogP contribution in [-0.4, -0.2) is 32.1 Å². The van der Waals surface area contributed by atoms with E-state index in [1.807, 2.05) is 12.1 Å². The highest BCUT2D eigenvalue weighted by Gasteiger charge is 2.54. The Morgan fingerprint density at radius 2 is 1.89 bits per heavy atom. The van der Waals surface area contributed by atoms with Gasteiger partial charge in [0.05, 0.1) is 17.3 Å². The summed E-state index contributed by atoms with van der Waals surface area (Å²) in [6.45, 7) is -0.255. The third-order valence-corrected chi connectivity index (χ3v) is 6.33. The Balaban J connectivity index is 1.50. The first kappa shape index (κ1) is 17.6. The van der Waals surface area contributed by atoms with Gasteiger partial charge in [0, 0.05) is 17.8 Å². The average molecular weight is 380 g/mol. The SMILES string of the molecule is O=C1N(c2ccc(OC3CCCC3)nc2)c2nc(CO)ncc2C12CCCC2. The van der Waals surface area contributed by atoms with Crippen LogP contribution in [0.5, 0.6) is 5.88 Å². The zero-order valence-corrected chi connectivity index (χ0v) is 15.8. The molecule has 1 N–H and O–H groups in total. The van der Waals surface area contributed by atoms with Crippen molar-refractivity contribution in [2.24, 2.45) is 0 Å². The van der Waals surface area contributed by atoms with Gasteiger partial charge in [-0.05, 0) is 44.6 Å². The van der Waals surface area contributed by atoms with E-state index in [9.17, 15) is 9.90 Å². The molecule has 7 heteroatoms. The predicted octanol–water partition coefficient (Wildman–Crippen LogP) is 3.18. The molecule has 2 saturated carbocycles. The minimum Gasteiger partial charge on any atom is -0.474 e. The number of hydrogen-bond acceptors (Lipinski definition) is 6. The van der Waals surface area contributed by atoms with Gasteiger partial charge in [-0.2, -0.15) is 0 Å². The number of amides is 1. The molecule has 1 amide bonds. The Bertz CT molecular complexity index is 887. The number of hydrogen-bond donors (Lipinski definition) is 1. The maximum Gasteiger partial charge on any atom is 0.243 e. The van der Waals surface area contributed by atoms with E-state index >= 15 is 0 Å². The van der Waals surface area contributed by atoms with E-state index in [0.717, 1.165) is 44.1 Å². The third kappa shape index (κ3) is 2.68. The number of pyridine rings is 1. The van der Waals surface area contributed by atoms with Crippen molar-refractivity contribution in [1.82, 2.24) is 15.0 Å². The lowest BCUT2D eigenvalue weighted by atomic mass is 9.81. The standard InChI is InChI=1S/C21H24N4O3/c26-13-17-22-12-16-19(24-17)25(20(27)21(16)9-3-4-10-21)14-7-8-18(23-11-14)28-15-5-1-2-6-15/h7-8,11-12,15,26H,1-6,9-10,13H2. The summed E-state index contributed by atoms with van der Waals surface area (Å²) in [4.78, 5) is 28.3. The fraction of sp³-hybridized carbons (Fsp3) is 0.524. The quantitative estimate of drug-likeness (QED) is 0.876. The van der Waals surface area contributed by atoms with E-state index < -0.39 is 5.41 Å². The van der Waals surface area contributed by atoms with Crippen molar-refractivity contribution in [2.75, 3.05) is 4.90 Å². The molecule has 0 radical (unpaired) electrons. The van der Waals surface area contributed by atoms with Gasteiger partial charge in [0.15, 0.2) is 5.82 Å². The van der Waals surface area contributed by atoms with E-state index in [1.165, 1.54) is 12.8 Å². The first-order valence-electron chi connectivity index (χ1n) is 10.2. The summed E-state index contributed by atoms with van der Waals surface area (Å²) < 4.78 is 5.95. The Morgan fingerprint density at radius 3 is 2.57 bits per heavy atom. The Morgan fingerprint density at radius 1 is 1.11 bits per heavy atom. The predicted molar refractivity (Wildman–Crippen MR) is 102 cm³/mol. The van der Waals surface area contributed by atoms with Crippen LogP contribution in [0, 0.1) is 0 Å². The molecule has 7 nitrogen and oxygen atoms in total. The molecular weight excluding hydrogens is 356 g/mol. The molecule has 2 fully saturated rings. The van der Waals surface area contributed by atoms with Gasteiger partial charge < -0.3 is 9.84 Å². The molecule has 2 aromatic rings. The average Bonchev–Trinajstić information content (AvgIpc) is 3.46. The van der Waals surface area contributed by atoms with E-state index in [-0.39, 0.29) is 18.6 Å². The molecule has 5 rings (SSSR count). The molecule has 3 aliphatic rings. The molecule has 0 unspecified atom stereocenters. The number of carbonyl (C=O) groups is 1. The molecule has 28 heavy (non-hydrogen) atoms. The zero-order chi connectivity index (χ0) is 19.1. The fourth-order valence-electron chi connectivity index (χ4n) is 4.87. The molecule has 0 bridgehead atoms. The second-order valence-corrected chi connectivity index (χ2v) is 7.99. The molecule has 3 heterocycles. The van der Waals surface area contributed by atoms with Crippen LogP contribution in [0.3, 0.4) is 0 Å². The first-order chi connectivity index (χ1) is 13.7. The van der Waals surface area contributed by atoms with Crippen molar-refractivity contribution in [2.45, 2.75) is 69.5 Å². The second-order valence-electron chi connectivity index (χ2n) is 7.99. The van der Waals surface area contributed by atoms with Crippen LogP contribution in [0.15, 0.2) is 24.5 Å². The highest BCUT2D eigenvalue weighted by molar-refractivity contribution is 6.12. The van der Waals surface area contributed by atoms with Gasteiger partial charge in [0.25, 0.3) is 0 Å². The van der Waals surface area contributed by atoms with Crippen molar-refractivity contribution in [1.29, 1.82) is 0 Å². The maximum absolute atomic E-state index is 13.5. The second kappa shape index (κ2) is 6.81. The summed E-state index contributed by atoms with van der Waals surface area (Å²) in [6, 6.07) is 3.70. The van der Waals surface area contributed by atoms with Crippen molar-refractivity contribution < 1.29 is 14.6 Å². The van der Waals surface area contributed by atoms with Gasteiger partial charge in [-0.25, -0.2) is 15.0 Å². The number of anilines is 2. The van der Waals surface area contributed by atoms with E-state index in [4.69, 9.17) is 4.74 Å². The van der Waals surface area contributed by atoms with Crippen LogP contribution in [0.4, 0.5) is 11.5 Å². The van der Waals surface area contributed by atoms with Crippen LogP contribution in [0.2, 0.25) is 0 Å².